The Kier molecular flexibility index (Phi) is 41.0. The Labute approximate surface area is 700 Å². The molecule has 0 unspecified atom stereocenters. The second kappa shape index (κ2) is 49.4. The van der Waals surface area contributed by atoms with Crippen LogP contribution in [0, 0.1) is 17.8 Å². The number of amides is 15. The third-order valence-electron chi connectivity index (χ3n) is 19.7. The number of thioether (sulfide) groups is 1. The minimum absolute atomic E-state index is 0.0274. The predicted octanol–water partition coefficient (Wildman–Crippen LogP) is -9.21. The number of carbonyl (C=O) groups is 17. The first kappa shape index (κ1) is 100. The van der Waals surface area contributed by atoms with E-state index in [1.807, 2.05) is 10.6 Å². The molecule has 2 aliphatic heterocycles. The van der Waals surface area contributed by atoms with Crippen LogP contribution in [0.1, 0.15) is 110 Å². The van der Waals surface area contributed by atoms with E-state index in [4.69, 9.17) is 5.73 Å². The number of likely N-dealkylation sites (tertiary alicyclic amines) is 2. The largest absolute Gasteiger partial charge is 0.481 e. The highest BCUT2D eigenvalue weighted by Gasteiger charge is 2.45. The molecule has 2 aliphatic rings. The number of carbonyl (C=O) groups excluding carboxylic acids is 15. The maximum atomic E-state index is 14.9. The molecule has 15 amide bonds. The van der Waals surface area contributed by atoms with Crippen LogP contribution in [0.15, 0.2) is 55.4 Å². The summed E-state index contributed by atoms with van der Waals surface area (Å²) in [6, 6.07) is -17.3. The highest BCUT2D eigenvalue weighted by molar-refractivity contribution is 7.98. The number of aliphatic hydroxyl groups is 6. The first-order valence-corrected chi connectivity index (χ1v) is 40.7. The smallest absolute Gasteiger partial charge is 0.326 e. The first-order valence-electron chi connectivity index (χ1n) is 39.3. The fourth-order valence-electron chi connectivity index (χ4n) is 13.0. The molecule has 0 radical (unpaired) electrons. The second-order valence-corrected chi connectivity index (χ2v) is 31.3. The molecular formula is C75H114N20O25S. The zero-order chi connectivity index (χ0) is 90.1. The number of hydrogen-bond acceptors (Lipinski definition) is 27. The number of rotatable bonds is 50. The molecule has 0 spiro atoms. The zero-order valence-electron chi connectivity index (χ0n) is 68.3. The fourth-order valence-corrected chi connectivity index (χ4v) is 13.5. The van der Waals surface area contributed by atoms with Gasteiger partial charge in [-0.1, -0.05) is 71.9 Å². The maximum Gasteiger partial charge on any atom is 0.326 e. The molecule has 0 bridgehead atoms. The SMILES string of the molecule is CSCC[C@H](NC(=O)[C@H](CO)NC(=O)[C@H](CO)NC(=O)[C@@H](NC(=O)[C@@H]1CCCN1C(=O)[C@@H](NC(=O)[C@H](Cc1cnc[nH]1)NC(=O)[C@H](Cc1cnc[nH]1)NC(=O)[C@H](Cc1ccccc1)NC(=O)[C@@H]1CCCN1C(=O)[C@@H](NC(=O)[C@@H](N)CO)C(C)C)[C@@H](C)O)C(C)C)C(=O)N[C@@H](CO)C(=O)N[C@@H](CO)C(=O)N[C@@H](CC(=O)O)C(=O)N[C@@H](CC(C)C)C(=O)O. The second-order valence-electron chi connectivity index (χ2n) is 30.3. The lowest BCUT2D eigenvalue weighted by Gasteiger charge is -2.32. The van der Waals surface area contributed by atoms with E-state index in [9.17, 15) is 122 Å². The summed E-state index contributed by atoms with van der Waals surface area (Å²) in [5.41, 5.74) is 6.91. The molecule has 1 aromatic carbocycles. The Morgan fingerprint density at radius 1 is 0.455 bits per heavy atom. The van der Waals surface area contributed by atoms with Crippen molar-refractivity contribution in [1.82, 2.24) is 98.9 Å². The molecule has 17 atom stereocenters. The van der Waals surface area contributed by atoms with Crippen LogP contribution >= 0.6 is 11.8 Å². The number of hydrogen-bond donors (Lipinski definition) is 24. The number of aliphatic hydroxyl groups excluding tert-OH is 6. The first-order chi connectivity index (χ1) is 57.3. The minimum Gasteiger partial charge on any atom is -0.481 e. The molecule has 121 heavy (non-hydrogen) atoms. The molecule has 45 nitrogen and oxygen atoms in total. The Morgan fingerprint density at radius 3 is 1.24 bits per heavy atom. The highest BCUT2D eigenvalue weighted by atomic mass is 32.2. The van der Waals surface area contributed by atoms with Crippen LogP contribution in [0.5, 0.6) is 0 Å². The summed E-state index contributed by atoms with van der Waals surface area (Å²) in [4.78, 5) is 250. The molecule has 670 valence electrons. The fraction of sp³-hybridized carbons (Fsp3) is 0.613. The third-order valence-corrected chi connectivity index (χ3v) is 20.4. The van der Waals surface area contributed by atoms with Crippen LogP contribution in [-0.2, 0) is 101 Å². The zero-order valence-corrected chi connectivity index (χ0v) is 69.1. The van der Waals surface area contributed by atoms with E-state index in [0.29, 0.717) is 17.7 Å². The van der Waals surface area contributed by atoms with Gasteiger partial charge in [0.25, 0.3) is 0 Å². The van der Waals surface area contributed by atoms with E-state index in [0.717, 1.165) is 4.90 Å². The number of aromatic amines is 2. The Morgan fingerprint density at radius 2 is 0.835 bits per heavy atom. The van der Waals surface area contributed by atoms with E-state index in [1.54, 1.807) is 64.3 Å². The summed E-state index contributed by atoms with van der Waals surface area (Å²) >= 11 is 1.18. The average Bonchev–Trinajstić information content (AvgIpc) is 1.70. The van der Waals surface area contributed by atoms with Crippen molar-refractivity contribution in [3.8, 4) is 0 Å². The molecular weight excluding hydrogens is 1610 g/mol. The molecule has 0 aliphatic carbocycles. The number of H-pyrrole nitrogens is 2. The van der Waals surface area contributed by atoms with Gasteiger partial charge in [-0.15, -0.1) is 0 Å². The number of carboxylic acid groups (broad SMARTS) is 2. The van der Waals surface area contributed by atoms with Crippen molar-refractivity contribution in [1.29, 1.82) is 0 Å². The van der Waals surface area contributed by atoms with Gasteiger partial charge in [0.05, 0.1) is 58.2 Å². The van der Waals surface area contributed by atoms with Crippen molar-refractivity contribution in [3.05, 3.63) is 72.3 Å². The van der Waals surface area contributed by atoms with Gasteiger partial charge < -0.3 is 135 Å². The van der Waals surface area contributed by atoms with Crippen LogP contribution in [0.25, 0.3) is 0 Å². The number of carboxylic acids is 2. The summed E-state index contributed by atoms with van der Waals surface area (Å²) < 4.78 is 0. The quantitative estimate of drug-likeness (QED) is 0.0250. The van der Waals surface area contributed by atoms with E-state index < -0.39 is 255 Å². The summed E-state index contributed by atoms with van der Waals surface area (Å²) in [6.07, 6.45) is 3.77. The van der Waals surface area contributed by atoms with Gasteiger partial charge in [0.2, 0.25) is 88.6 Å². The molecule has 2 fully saturated rings. The Balaban J connectivity index is 1.27. The highest BCUT2D eigenvalue weighted by Crippen LogP contribution is 2.24. The summed E-state index contributed by atoms with van der Waals surface area (Å²) in [6.45, 7) is 5.37. The standard InChI is InChI=1S/C75H114N20O25S/c1-36(2)22-49(75(119)120)86-64(108)48(26-56(102)103)84-67(111)51(31-98)89-68(112)52(32-99)87-61(105)44(18-21-121-8)81-66(110)50(30-97)88-69(113)53(33-100)90-72(116)57(37(3)4)91-71(115)55-17-13-20-95(55)74(118)59(39(7)101)93-65(109)47(25-42-28-78-35-80-42)83-63(107)46(24-41-27-77-34-79-41)82-62(106)45(23-40-14-10-9-11-15-40)85-70(114)54-16-12-19-94(54)73(117)58(38(5)6)92-60(104)43(76)29-96/h9-11,14-15,27-28,34-39,43-55,57-59,96-101H,12-13,16-26,29-33,76H2,1-8H3,(H,77,79)(H,78,80)(H,81,110)(H,82,106)(H,83,107)(H,84,111)(H,85,114)(H,86,108)(H,87,105)(H,88,113)(H,89,112)(H,90,116)(H,91,115)(H,92,104)(H,93,109)(H,102,103)(H,119,120)/t39-,43+,44+,45+,46+,47+,48+,49+,50+,51+,52+,53+,54+,55+,57+,58+,59+/m1/s1. The minimum atomic E-state index is -1.98. The van der Waals surface area contributed by atoms with Crippen LogP contribution < -0.4 is 74.9 Å². The Hall–Kier alpha value is -11.3. The van der Waals surface area contributed by atoms with E-state index >= 15 is 0 Å². The molecule has 3 aromatic rings. The van der Waals surface area contributed by atoms with Crippen LogP contribution in [0.3, 0.4) is 0 Å². The van der Waals surface area contributed by atoms with Crippen molar-refractivity contribution >= 4 is 112 Å². The maximum absolute atomic E-state index is 14.9. The van der Waals surface area contributed by atoms with Crippen molar-refractivity contribution in [2.24, 2.45) is 23.5 Å². The van der Waals surface area contributed by atoms with E-state index in [2.05, 4.69) is 78.4 Å². The molecule has 4 heterocycles. The van der Waals surface area contributed by atoms with Crippen molar-refractivity contribution < 1.29 is 122 Å². The van der Waals surface area contributed by atoms with Crippen LogP contribution in [-0.4, -0.2) is 332 Å². The molecule has 0 saturated carbocycles. The van der Waals surface area contributed by atoms with Crippen molar-refractivity contribution in [3.63, 3.8) is 0 Å². The number of imidazole rings is 2. The van der Waals surface area contributed by atoms with E-state index in [-0.39, 0.29) is 81.8 Å². The van der Waals surface area contributed by atoms with Crippen LogP contribution in [0.2, 0.25) is 0 Å². The normalized spacial score (nSPS) is 17.6. The molecule has 2 saturated heterocycles. The topological polar surface area (TPSA) is 698 Å². The van der Waals surface area contributed by atoms with E-state index in [1.165, 1.54) is 62.5 Å². The number of aliphatic carboxylic acids is 2. The van der Waals surface area contributed by atoms with Gasteiger partial charge in [0.15, 0.2) is 0 Å². The van der Waals surface area contributed by atoms with Crippen molar-refractivity contribution in [2.45, 2.75) is 215 Å². The number of benzene rings is 1. The summed E-state index contributed by atoms with van der Waals surface area (Å²) in [5.74, 6) is -20.2. The lowest BCUT2D eigenvalue weighted by Crippen LogP contribution is -2.63. The number of aromatic nitrogens is 4. The monoisotopic (exact) mass is 1730 g/mol. The number of nitrogens with one attached hydrogen (secondary N) is 15. The molecule has 5 rings (SSSR count). The third kappa shape index (κ3) is 30.7. The molecule has 46 heteroatoms. The Bertz CT molecular complexity index is 4010. The summed E-state index contributed by atoms with van der Waals surface area (Å²) in [5, 5.41) is 112. The van der Waals surface area contributed by atoms with Crippen LogP contribution in [0.4, 0.5) is 0 Å². The number of nitrogens with two attached hydrogens (primary N) is 1. The van der Waals surface area contributed by atoms with Gasteiger partial charge in [0.1, 0.15) is 96.7 Å². The average molecular weight is 1730 g/mol. The van der Waals surface area contributed by atoms with Gasteiger partial charge in [-0.05, 0) is 80.8 Å². The molecule has 25 N–H and O–H groups in total. The van der Waals surface area contributed by atoms with Gasteiger partial charge >= 0.3 is 11.9 Å². The number of nitrogens with zero attached hydrogens (tertiary/aromatic N) is 4. The van der Waals surface area contributed by atoms with Gasteiger partial charge in [-0.3, -0.25) is 76.7 Å². The van der Waals surface area contributed by atoms with Gasteiger partial charge in [-0.25, -0.2) is 14.8 Å². The lowest BCUT2D eigenvalue weighted by atomic mass is 10.0. The predicted molar refractivity (Wildman–Crippen MR) is 426 cm³/mol. The van der Waals surface area contributed by atoms with Crippen molar-refractivity contribution in [2.75, 3.05) is 58.1 Å². The summed E-state index contributed by atoms with van der Waals surface area (Å²) in [7, 11) is 0. The van der Waals surface area contributed by atoms with Gasteiger partial charge in [0, 0.05) is 56.1 Å². The van der Waals surface area contributed by atoms with Gasteiger partial charge in [-0.2, -0.15) is 11.8 Å². The lowest BCUT2D eigenvalue weighted by molar-refractivity contribution is -0.145. The molecule has 2 aromatic heterocycles.